The highest BCUT2D eigenvalue weighted by molar-refractivity contribution is 7.83. The second kappa shape index (κ2) is 6.82. The fourth-order valence-corrected chi connectivity index (χ4v) is 1.01. The zero-order valence-corrected chi connectivity index (χ0v) is 8.07. The molecule has 0 saturated heterocycles. The van der Waals surface area contributed by atoms with Gasteiger partial charge in [0.1, 0.15) is 0 Å². The zero-order chi connectivity index (χ0) is 8.69. The Morgan fingerprint density at radius 3 is 2.64 bits per heavy atom. The molecule has 0 spiro atoms. The molecule has 3 N–H and O–H groups in total. The van der Waals surface area contributed by atoms with E-state index in [1.54, 1.807) is 0 Å². The average Bonchev–Trinajstić information content (AvgIpc) is 1.97. The van der Waals surface area contributed by atoms with Crippen molar-refractivity contribution in [3.05, 3.63) is 0 Å². The van der Waals surface area contributed by atoms with Crippen LogP contribution in [0.5, 0.6) is 0 Å². The molecule has 3 nitrogen and oxygen atoms in total. The molecule has 0 aliphatic heterocycles. The molecule has 11 heavy (non-hydrogen) atoms. The molecule has 0 fully saturated rings. The van der Waals surface area contributed by atoms with E-state index < -0.39 is 0 Å². The van der Waals surface area contributed by atoms with Gasteiger partial charge in [-0.05, 0) is 12.8 Å². The maximum atomic E-state index is 10.3. The van der Waals surface area contributed by atoms with Gasteiger partial charge in [0.25, 0.3) is 0 Å². The Bertz CT molecular complexity index is 121. The molecule has 0 radical (unpaired) electrons. The van der Waals surface area contributed by atoms with Gasteiger partial charge in [0.05, 0.1) is 5.37 Å². The van der Waals surface area contributed by atoms with E-state index in [1.165, 1.54) is 0 Å². The lowest BCUT2D eigenvalue weighted by molar-refractivity contribution is -0.118. The Morgan fingerprint density at radius 2 is 2.18 bits per heavy atom. The largest absolute Gasteiger partial charge is 0.370 e. The van der Waals surface area contributed by atoms with Gasteiger partial charge in [-0.2, -0.15) is 12.6 Å². The SMILES string of the molecule is NC(=O)CCCCC(S)NS. The van der Waals surface area contributed by atoms with Crippen LogP contribution in [-0.4, -0.2) is 11.3 Å². The van der Waals surface area contributed by atoms with Crippen molar-refractivity contribution in [1.82, 2.24) is 4.72 Å². The number of hydrogen-bond acceptors (Lipinski definition) is 4. The fraction of sp³-hybridized carbons (Fsp3) is 0.833. The molecule has 1 amide bonds. The van der Waals surface area contributed by atoms with Crippen LogP contribution in [0.3, 0.4) is 0 Å². The molecule has 0 aromatic carbocycles. The van der Waals surface area contributed by atoms with Crippen molar-refractivity contribution < 1.29 is 4.79 Å². The first-order valence-electron chi connectivity index (χ1n) is 3.53. The van der Waals surface area contributed by atoms with Crippen molar-refractivity contribution >= 4 is 31.4 Å². The van der Waals surface area contributed by atoms with Crippen LogP contribution in [-0.2, 0) is 4.79 Å². The first kappa shape index (κ1) is 11.1. The smallest absolute Gasteiger partial charge is 0.217 e. The molecule has 66 valence electrons. The predicted octanol–water partition coefficient (Wildman–Crippen LogP) is 0.722. The molecule has 0 heterocycles. The molecule has 0 rings (SSSR count). The number of unbranched alkanes of at least 4 members (excludes halogenated alkanes) is 1. The van der Waals surface area contributed by atoms with Gasteiger partial charge in [-0.1, -0.05) is 19.2 Å². The van der Waals surface area contributed by atoms with Crippen LogP contribution in [0.25, 0.3) is 0 Å². The van der Waals surface area contributed by atoms with E-state index in [1.807, 2.05) is 0 Å². The Kier molecular flexibility index (Phi) is 6.90. The predicted molar refractivity (Wildman–Crippen MR) is 52.6 cm³/mol. The van der Waals surface area contributed by atoms with Crippen LogP contribution in [0, 0.1) is 0 Å². The number of thiol groups is 2. The van der Waals surface area contributed by atoms with Gasteiger partial charge in [-0.25, -0.2) is 0 Å². The number of carbonyl (C=O) groups is 1. The quantitative estimate of drug-likeness (QED) is 0.286. The molecule has 0 aliphatic carbocycles. The van der Waals surface area contributed by atoms with Crippen LogP contribution < -0.4 is 10.5 Å². The second-order valence-corrected chi connectivity index (χ2v) is 3.24. The van der Waals surface area contributed by atoms with Crippen LogP contribution in [0.4, 0.5) is 0 Å². The van der Waals surface area contributed by atoms with E-state index in [0.29, 0.717) is 6.42 Å². The first-order chi connectivity index (χ1) is 5.16. The number of hydrogen-bond donors (Lipinski definition) is 4. The van der Waals surface area contributed by atoms with Gasteiger partial charge in [0.15, 0.2) is 0 Å². The summed E-state index contributed by atoms with van der Waals surface area (Å²) in [7, 11) is 0. The number of nitrogens with one attached hydrogen (secondary N) is 1. The first-order valence-corrected chi connectivity index (χ1v) is 4.49. The van der Waals surface area contributed by atoms with Crippen LogP contribution in [0.1, 0.15) is 25.7 Å². The maximum Gasteiger partial charge on any atom is 0.217 e. The van der Waals surface area contributed by atoms with Crippen molar-refractivity contribution in [1.29, 1.82) is 0 Å². The van der Waals surface area contributed by atoms with Gasteiger partial charge in [-0.15, -0.1) is 0 Å². The lowest BCUT2D eigenvalue weighted by atomic mass is 10.2. The molecular weight excluding hydrogens is 180 g/mol. The average molecular weight is 194 g/mol. The van der Waals surface area contributed by atoms with Gasteiger partial charge < -0.3 is 5.73 Å². The van der Waals surface area contributed by atoms with Gasteiger partial charge in [-0.3, -0.25) is 9.52 Å². The van der Waals surface area contributed by atoms with E-state index in [0.717, 1.165) is 19.3 Å². The highest BCUT2D eigenvalue weighted by atomic mass is 32.1. The number of amides is 1. The second-order valence-electron chi connectivity index (χ2n) is 2.36. The number of carbonyl (C=O) groups excluding carboxylic acids is 1. The molecular formula is C6H14N2OS2. The fourth-order valence-electron chi connectivity index (χ4n) is 0.701. The summed E-state index contributed by atoms with van der Waals surface area (Å²) in [4.78, 5) is 10.3. The number of rotatable bonds is 6. The van der Waals surface area contributed by atoms with Crippen LogP contribution >= 0.6 is 25.4 Å². The number of nitrogens with two attached hydrogens (primary N) is 1. The minimum Gasteiger partial charge on any atom is -0.370 e. The number of primary amides is 1. The topological polar surface area (TPSA) is 55.1 Å². The monoisotopic (exact) mass is 194 g/mol. The molecule has 0 saturated carbocycles. The van der Waals surface area contributed by atoms with Crippen LogP contribution in [0.15, 0.2) is 0 Å². The lowest BCUT2D eigenvalue weighted by Crippen LogP contribution is -2.14. The van der Waals surface area contributed by atoms with Gasteiger partial charge >= 0.3 is 0 Å². The van der Waals surface area contributed by atoms with Crippen molar-refractivity contribution in [2.24, 2.45) is 5.73 Å². The van der Waals surface area contributed by atoms with Crippen LogP contribution in [0.2, 0.25) is 0 Å². The van der Waals surface area contributed by atoms with Crippen molar-refractivity contribution in [2.45, 2.75) is 31.1 Å². The zero-order valence-electron chi connectivity index (χ0n) is 6.29. The summed E-state index contributed by atoms with van der Waals surface area (Å²) in [6.45, 7) is 0. The Balaban J connectivity index is 3.08. The molecule has 0 bridgehead atoms. The highest BCUT2D eigenvalue weighted by Gasteiger charge is 1.99. The van der Waals surface area contributed by atoms with Crippen molar-refractivity contribution in [2.75, 3.05) is 0 Å². The Labute approximate surface area is 78.1 Å². The third-order valence-corrected chi connectivity index (χ3v) is 2.20. The Morgan fingerprint density at radius 1 is 1.55 bits per heavy atom. The van der Waals surface area contributed by atoms with E-state index in [4.69, 9.17) is 5.73 Å². The highest BCUT2D eigenvalue weighted by Crippen LogP contribution is 2.06. The van der Waals surface area contributed by atoms with Gasteiger partial charge in [0, 0.05) is 6.42 Å². The molecule has 1 unspecified atom stereocenters. The summed E-state index contributed by atoms with van der Waals surface area (Å²) in [6.07, 6.45) is 3.15. The summed E-state index contributed by atoms with van der Waals surface area (Å²) in [5.41, 5.74) is 4.95. The molecule has 1 atom stereocenters. The summed E-state index contributed by atoms with van der Waals surface area (Å²) in [5, 5.41) is 0.103. The van der Waals surface area contributed by atoms with Crippen molar-refractivity contribution in [3.63, 3.8) is 0 Å². The standard InChI is InChI=1S/C6H14N2OS2/c7-5(9)3-1-2-4-6(10)8-11/h6,8,10-11H,1-4H2,(H2,7,9). The Hall–Kier alpha value is 0.130. The minimum absolute atomic E-state index is 0.103. The summed E-state index contributed by atoms with van der Waals surface area (Å²) in [5.74, 6) is -0.237. The van der Waals surface area contributed by atoms with E-state index in [9.17, 15) is 4.79 Å². The van der Waals surface area contributed by atoms with Gasteiger partial charge in [0.2, 0.25) is 5.91 Å². The van der Waals surface area contributed by atoms with E-state index >= 15 is 0 Å². The summed E-state index contributed by atoms with van der Waals surface area (Å²) >= 11 is 7.99. The lowest BCUT2D eigenvalue weighted by Gasteiger charge is -2.06. The normalized spacial score (nSPS) is 12.9. The summed E-state index contributed by atoms with van der Waals surface area (Å²) < 4.78 is 2.70. The molecule has 0 aromatic heterocycles. The third kappa shape index (κ3) is 8.03. The molecule has 0 aliphatic rings. The summed E-state index contributed by atoms with van der Waals surface area (Å²) in [6, 6.07) is 0. The third-order valence-electron chi connectivity index (χ3n) is 1.30. The van der Waals surface area contributed by atoms with Crippen molar-refractivity contribution in [3.8, 4) is 0 Å². The molecule has 5 heteroatoms. The van der Waals surface area contributed by atoms with E-state index in [-0.39, 0.29) is 11.3 Å². The maximum absolute atomic E-state index is 10.3. The molecule has 0 aromatic rings. The minimum atomic E-state index is -0.237. The van der Waals surface area contributed by atoms with E-state index in [2.05, 4.69) is 30.2 Å².